The van der Waals surface area contributed by atoms with Crippen molar-refractivity contribution in [2.24, 2.45) is 11.8 Å². The average molecular weight is 636 g/mol. The summed E-state index contributed by atoms with van der Waals surface area (Å²) in [4.78, 5) is 64.1. The molecule has 238 valence electrons. The number of carbonyl (C=O) groups is 4. The monoisotopic (exact) mass is 635 g/mol. The predicted molar refractivity (Wildman–Crippen MR) is 158 cm³/mol. The van der Waals surface area contributed by atoms with Gasteiger partial charge in [-0.05, 0) is 61.9 Å². The zero-order valence-corrected chi connectivity index (χ0v) is 24.4. The molecule has 1 unspecified atom stereocenters. The van der Waals surface area contributed by atoms with Crippen molar-refractivity contribution in [1.29, 1.82) is 0 Å². The Bertz CT molecular complexity index is 1750. The van der Waals surface area contributed by atoms with E-state index in [0.29, 0.717) is 11.4 Å². The molecule has 1 aliphatic heterocycles. The maximum absolute atomic E-state index is 13.3. The Labute approximate surface area is 260 Å². The highest BCUT2D eigenvalue weighted by Gasteiger charge is 2.44. The number of rotatable bonds is 7. The van der Waals surface area contributed by atoms with E-state index in [-0.39, 0.29) is 31.8 Å². The van der Waals surface area contributed by atoms with Gasteiger partial charge in [-0.15, -0.1) is 0 Å². The van der Waals surface area contributed by atoms with E-state index in [0.717, 1.165) is 22.2 Å². The lowest BCUT2D eigenvalue weighted by molar-refractivity contribution is -0.208. The molecule has 0 spiro atoms. The van der Waals surface area contributed by atoms with Crippen LogP contribution < -0.4 is 15.5 Å². The van der Waals surface area contributed by atoms with Gasteiger partial charge in [-0.1, -0.05) is 24.3 Å². The number of para-hydroxylation sites is 1. The molecular formula is C32H28F3N5O6. The van der Waals surface area contributed by atoms with E-state index in [1.54, 1.807) is 36.4 Å². The number of nitrogens with one attached hydrogen (secondary N) is 2. The Morgan fingerprint density at radius 1 is 0.957 bits per heavy atom. The summed E-state index contributed by atoms with van der Waals surface area (Å²) in [6.07, 6.45) is -3.94. The van der Waals surface area contributed by atoms with Crippen LogP contribution in [0.4, 0.5) is 18.9 Å². The second kappa shape index (κ2) is 13.6. The molecule has 2 aromatic carbocycles. The molecule has 1 aliphatic rings. The predicted octanol–water partition coefficient (Wildman–Crippen LogP) is 4.37. The smallest absolute Gasteiger partial charge is 0.489 e. The number of hydrogen-bond donors (Lipinski definition) is 2. The van der Waals surface area contributed by atoms with Gasteiger partial charge in [0.15, 0.2) is 0 Å². The Balaban J connectivity index is 1.25. The molecule has 14 heteroatoms. The number of amides is 3. The molecule has 2 atom stereocenters. The highest BCUT2D eigenvalue weighted by atomic mass is 19.4. The molecule has 46 heavy (non-hydrogen) atoms. The number of benzene rings is 2. The zero-order valence-electron chi connectivity index (χ0n) is 24.4. The van der Waals surface area contributed by atoms with Crippen LogP contribution in [0.15, 0.2) is 79.0 Å². The highest BCUT2D eigenvalue weighted by Crippen LogP contribution is 2.28. The van der Waals surface area contributed by atoms with Crippen molar-refractivity contribution in [3.8, 4) is 5.75 Å². The summed E-state index contributed by atoms with van der Waals surface area (Å²) in [6.45, 7) is 1.91. The van der Waals surface area contributed by atoms with E-state index in [2.05, 4.69) is 20.1 Å². The van der Waals surface area contributed by atoms with E-state index >= 15 is 0 Å². The number of alkyl halides is 3. The topological polar surface area (TPSA) is 140 Å². The molecule has 0 aliphatic carbocycles. The number of nitrogens with zero attached hydrogens (tertiary/aromatic N) is 3. The lowest BCUT2D eigenvalue weighted by atomic mass is 9.84. The van der Waals surface area contributed by atoms with E-state index in [1.165, 1.54) is 22.6 Å². The van der Waals surface area contributed by atoms with Gasteiger partial charge >= 0.3 is 12.1 Å². The van der Waals surface area contributed by atoms with Gasteiger partial charge in [-0.3, -0.25) is 24.4 Å². The molecule has 1 saturated heterocycles. The molecule has 0 saturated carbocycles. The molecule has 5 rings (SSSR count). The number of hydrogen-bond acceptors (Lipinski definition) is 8. The summed E-state index contributed by atoms with van der Waals surface area (Å²) in [5.41, 5.74) is 4.62. The quantitative estimate of drug-likeness (QED) is 0.286. The van der Waals surface area contributed by atoms with Gasteiger partial charge in [-0.25, -0.2) is 4.79 Å². The van der Waals surface area contributed by atoms with Crippen molar-refractivity contribution >= 4 is 40.3 Å². The summed E-state index contributed by atoms with van der Waals surface area (Å²) >= 11 is 0. The Hall–Kier alpha value is -5.53. The summed E-state index contributed by atoms with van der Waals surface area (Å²) < 4.78 is 43.8. The van der Waals surface area contributed by atoms with E-state index in [9.17, 15) is 32.3 Å². The molecule has 0 bridgehead atoms. The van der Waals surface area contributed by atoms with Gasteiger partial charge in [-0.2, -0.15) is 18.7 Å². The number of ether oxygens (including phenoxy) is 1. The van der Waals surface area contributed by atoms with Crippen molar-refractivity contribution in [3.63, 3.8) is 0 Å². The van der Waals surface area contributed by atoms with Crippen molar-refractivity contribution < 1.29 is 41.9 Å². The molecule has 2 N–H and O–H groups in total. The summed E-state index contributed by atoms with van der Waals surface area (Å²) in [5, 5.41) is 3.68. The van der Waals surface area contributed by atoms with Crippen molar-refractivity contribution in [2.75, 3.05) is 18.4 Å². The first-order chi connectivity index (χ1) is 22.0. The second-order valence-corrected chi connectivity index (χ2v) is 10.6. The Kier molecular flexibility index (Phi) is 9.45. The van der Waals surface area contributed by atoms with Gasteiger partial charge in [0.05, 0.1) is 17.4 Å². The van der Waals surface area contributed by atoms with Crippen LogP contribution in [0.25, 0.3) is 10.9 Å². The maximum Gasteiger partial charge on any atom is 0.493 e. The van der Waals surface area contributed by atoms with Crippen LogP contribution in [0.3, 0.4) is 0 Å². The lowest BCUT2D eigenvalue weighted by Crippen LogP contribution is -2.52. The minimum absolute atomic E-state index is 0.00376. The number of anilines is 1. The molecule has 0 radical (unpaired) electrons. The van der Waals surface area contributed by atoms with Crippen LogP contribution in [0.5, 0.6) is 5.75 Å². The largest absolute Gasteiger partial charge is 0.493 e. The fraction of sp³-hybridized carbons (Fsp3) is 0.250. The molecule has 11 nitrogen and oxygen atoms in total. The van der Waals surface area contributed by atoms with Crippen molar-refractivity contribution in [2.45, 2.75) is 26.1 Å². The van der Waals surface area contributed by atoms with Crippen LogP contribution in [-0.2, 0) is 25.8 Å². The molecule has 2 aromatic heterocycles. The van der Waals surface area contributed by atoms with Crippen LogP contribution >= 0.6 is 0 Å². The lowest BCUT2D eigenvalue weighted by Gasteiger charge is -2.36. The fourth-order valence-corrected chi connectivity index (χ4v) is 5.14. The Morgan fingerprint density at radius 2 is 1.70 bits per heavy atom. The van der Waals surface area contributed by atoms with Gasteiger partial charge < -0.3 is 19.8 Å². The van der Waals surface area contributed by atoms with Gasteiger partial charge in [0.1, 0.15) is 18.1 Å². The number of aryl methyl sites for hydroxylation is 1. The van der Waals surface area contributed by atoms with Gasteiger partial charge in [0.2, 0.25) is 5.91 Å². The van der Waals surface area contributed by atoms with Crippen LogP contribution in [0.1, 0.15) is 28.2 Å². The summed E-state index contributed by atoms with van der Waals surface area (Å²) in [6, 6.07) is 20.9. The minimum Gasteiger partial charge on any atom is -0.489 e. The summed E-state index contributed by atoms with van der Waals surface area (Å²) in [5.74, 6) is -6.83. The maximum atomic E-state index is 13.3. The van der Waals surface area contributed by atoms with Crippen LogP contribution in [0, 0.1) is 18.8 Å². The molecule has 3 heterocycles. The first-order valence-electron chi connectivity index (χ1n) is 14.2. The van der Waals surface area contributed by atoms with Gasteiger partial charge in [0.25, 0.3) is 11.8 Å². The fourth-order valence-electron chi connectivity index (χ4n) is 5.14. The van der Waals surface area contributed by atoms with Crippen LogP contribution in [0.2, 0.25) is 0 Å². The number of hydroxylamine groups is 1. The average Bonchev–Trinajstić information content (AvgIpc) is 3.05. The molecule has 1 fully saturated rings. The number of fused-ring (bicyclic) bond motifs is 1. The standard InChI is InChI=1S/C32H28F3N5O6/c1-19-16-20(23-6-2-3-7-26(23)37-19)18-45-22-11-9-21(10-12-22)38-28(41)24-13-15-40(30(43)27-8-4-5-14-36-27)17-25(24)29(42)39-46-31(44)32(33,34)35/h2-12,14,16,24-25H,13,15,17-18H2,1H3,(H,38,41)(H,39,42)/t24?,25-/m0/s1. The van der Waals surface area contributed by atoms with Crippen molar-refractivity contribution in [1.82, 2.24) is 20.3 Å². The SMILES string of the molecule is Cc1cc(COc2ccc(NC(=O)C3CCN(C(=O)c4ccccn4)C[C@@H]3C(=O)NOC(=O)C(F)(F)F)cc2)c2ccccc2n1. The number of likely N-dealkylation sites (tertiary alicyclic amines) is 1. The molecule has 4 aromatic rings. The third kappa shape index (κ3) is 7.57. The summed E-state index contributed by atoms with van der Waals surface area (Å²) in [7, 11) is 0. The second-order valence-electron chi connectivity index (χ2n) is 10.6. The van der Waals surface area contributed by atoms with E-state index in [1.807, 2.05) is 37.3 Å². The number of halogens is 3. The van der Waals surface area contributed by atoms with Crippen molar-refractivity contribution in [3.05, 3.63) is 95.9 Å². The normalized spacial score (nSPS) is 16.4. The first kappa shape index (κ1) is 31.9. The van der Waals surface area contributed by atoms with E-state index < -0.39 is 41.7 Å². The molecular weight excluding hydrogens is 607 g/mol. The Morgan fingerprint density at radius 3 is 2.41 bits per heavy atom. The molecule has 3 amide bonds. The zero-order chi connectivity index (χ0) is 32.8. The third-order valence-corrected chi connectivity index (χ3v) is 7.38. The van der Waals surface area contributed by atoms with E-state index in [4.69, 9.17) is 4.74 Å². The van der Waals surface area contributed by atoms with Gasteiger partial charge in [0, 0.05) is 41.6 Å². The minimum atomic E-state index is -5.35. The number of pyridine rings is 2. The third-order valence-electron chi connectivity index (χ3n) is 7.38. The number of aromatic nitrogens is 2. The highest BCUT2D eigenvalue weighted by molar-refractivity contribution is 5.98. The van der Waals surface area contributed by atoms with Crippen LogP contribution in [-0.4, -0.2) is 57.8 Å². The number of piperidine rings is 1. The first-order valence-corrected chi connectivity index (χ1v) is 14.2. The number of carbonyl (C=O) groups excluding carboxylic acids is 4.